The topological polar surface area (TPSA) is 59.5 Å². The second-order valence-electron chi connectivity index (χ2n) is 4.56. The molecule has 0 aromatic carbocycles. The first-order chi connectivity index (χ1) is 7.97. The Morgan fingerprint density at radius 1 is 1.47 bits per heavy atom. The summed E-state index contributed by atoms with van der Waals surface area (Å²) in [6.07, 6.45) is 0.819. The number of carbonyl (C=O) groups excluding carboxylic acids is 1. The van der Waals surface area contributed by atoms with Gasteiger partial charge in [-0.05, 0) is 46.7 Å². The molecule has 0 fully saturated rings. The number of nitrogens with two attached hydrogens (primary N) is 1. The van der Waals surface area contributed by atoms with Crippen LogP contribution in [-0.4, -0.2) is 29.9 Å². The third kappa shape index (κ3) is 3.33. The normalized spacial score (nSPS) is 10.9. The average molecular weight is 238 g/mol. The molecule has 1 aromatic rings. The molecule has 0 unspecified atom stereocenters. The second-order valence-corrected chi connectivity index (χ2v) is 4.56. The Kier molecular flexibility index (Phi) is 4.75. The third-order valence-corrected chi connectivity index (χ3v) is 2.76. The summed E-state index contributed by atoms with van der Waals surface area (Å²) in [5, 5.41) is 0. The molecule has 0 aliphatic carbocycles. The van der Waals surface area contributed by atoms with E-state index in [-0.39, 0.29) is 11.9 Å². The largest absolute Gasteiger partial charge is 0.466 e. The monoisotopic (exact) mass is 238 g/mol. The van der Waals surface area contributed by atoms with Crippen LogP contribution in [0.1, 0.15) is 42.1 Å². The summed E-state index contributed by atoms with van der Waals surface area (Å²) >= 11 is 0. The molecule has 0 saturated heterocycles. The summed E-state index contributed by atoms with van der Waals surface area (Å²) in [5.41, 5.74) is 6.15. The van der Waals surface area contributed by atoms with Crippen molar-refractivity contribution in [3.63, 3.8) is 0 Å². The Balaban J connectivity index is 2.87. The summed E-state index contributed by atoms with van der Waals surface area (Å²) in [7, 11) is 0. The van der Waals surface area contributed by atoms with Gasteiger partial charge in [0.15, 0.2) is 0 Å². The lowest BCUT2D eigenvalue weighted by Gasteiger charge is -2.26. The minimum atomic E-state index is 0.0304. The van der Waals surface area contributed by atoms with Gasteiger partial charge >= 0.3 is 0 Å². The van der Waals surface area contributed by atoms with E-state index in [0.29, 0.717) is 24.4 Å². The van der Waals surface area contributed by atoms with Gasteiger partial charge in [0.25, 0.3) is 5.91 Å². The van der Waals surface area contributed by atoms with Gasteiger partial charge in [0, 0.05) is 12.6 Å². The maximum Gasteiger partial charge on any atom is 0.257 e. The lowest BCUT2D eigenvalue weighted by Crippen LogP contribution is -2.38. The van der Waals surface area contributed by atoms with Gasteiger partial charge in [-0.25, -0.2) is 0 Å². The number of furan rings is 1. The van der Waals surface area contributed by atoms with E-state index in [1.807, 2.05) is 32.6 Å². The molecule has 1 rings (SSSR count). The standard InChI is InChI=1S/C13H22N2O2/c1-9(2)15(7-5-6-14)13(16)12-8-10(3)17-11(12)4/h8-9H,5-7,14H2,1-4H3. The van der Waals surface area contributed by atoms with Crippen molar-refractivity contribution in [2.75, 3.05) is 13.1 Å². The number of hydrogen-bond donors (Lipinski definition) is 1. The Labute approximate surface area is 103 Å². The van der Waals surface area contributed by atoms with Gasteiger partial charge in [0.1, 0.15) is 11.5 Å². The van der Waals surface area contributed by atoms with Crippen molar-refractivity contribution in [2.45, 2.75) is 40.2 Å². The highest BCUT2D eigenvalue weighted by Gasteiger charge is 2.21. The van der Waals surface area contributed by atoms with Gasteiger partial charge in [0.2, 0.25) is 0 Å². The average Bonchev–Trinajstić information content (AvgIpc) is 2.57. The molecule has 0 aliphatic rings. The number of carbonyl (C=O) groups is 1. The fourth-order valence-corrected chi connectivity index (χ4v) is 1.85. The van der Waals surface area contributed by atoms with Crippen LogP contribution in [-0.2, 0) is 0 Å². The molecule has 4 heteroatoms. The molecule has 1 aromatic heterocycles. The SMILES string of the molecule is Cc1cc(C(=O)N(CCCN)C(C)C)c(C)o1. The van der Waals surface area contributed by atoms with Crippen LogP contribution >= 0.6 is 0 Å². The Hall–Kier alpha value is -1.29. The molecule has 0 atom stereocenters. The van der Waals surface area contributed by atoms with Crippen molar-refractivity contribution in [1.82, 2.24) is 4.90 Å². The highest BCUT2D eigenvalue weighted by Crippen LogP contribution is 2.17. The maximum atomic E-state index is 12.4. The summed E-state index contributed by atoms with van der Waals surface area (Å²) in [6, 6.07) is 1.97. The highest BCUT2D eigenvalue weighted by atomic mass is 16.3. The molecular weight excluding hydrogens is 216 g/mol. The van der Waals surface area contributed by atoms with Gasteiger partial charge in [-0.15, -0.1) is 0 Å². The van der Waals surface area contributed by atoms with Crippen molar-refractivity contribution in [1.29, 1.82) is 0 Å². The molecule has 4 nitrogen and oxygen atoms in total. The van der Waals surface area contributed by atoms with E-state index in [0.717, 1.165) is 12.2 Å². The Morgan fingerprint density at radius 3 is 2.53 bits per heavy atom. The molecular formula is C13H22N2O2. The van der Waals surface area contributed by atoms with Crippen LogP contribution < -0.4 is 5.73 Å². The van der Waals surface area contributed by atoms with E-state index in [1.165, 1.54) is 0 Å². The smallest absolute Gasteiger partial charge is 0.257 e. The van der Waals surface area contributed by atoms with E-state index in [2.05, 4.69) is 0 Å². The Bertz CT molecular complexity index is 383. The molecule has 0 spiro atoms. The third-order valence-electron chi connectivity index (χ3n) is 2.76. The van der Waals surface area contributed by atoms with E-state index < -0.39 is 0 Å². The van der Waals surface area contributed by atoms with E-state index in [1.54, 1.807) is 6.07 Å². The summed E-state index contributed by atoms with van der Waals surface area (Å²) < 4.78 is 5.40. The molecule has 96 valence electrons. The molecule has 2 N–H and O–H groups in total. The number of amides is 1. The lowest BCUT2D eigenvalue weighted by molar-refractivity contribution is 0.0703. The van der Waals surface area contributed by atoms with Crippen LogP contribution in [0.3, 0.4) is 0 Å². The van der Waals surface area contributed by atoms with Crippen LogP contribution in [0.25, 0.3) is 0 Å². The van der Waals surface area contributed by atoms with Gasteiger partial charge < -0.3 is 15.1 Å². The molecule has 0 radical (unpaired) electrons. The summed E-state index contributed by atoms with van der Waals surface area (Å²) in [4.78, 5) is 14.2. The van der Waals surface area contributed by atoms with Crippen LogP contribution in [0.4, 0.5) is 0 Å². The fraction of sp³-hybridized carbons (Fsp3) is 0.615. The van der Waals surface area contributed by atoms with Gasteiger partial charge in [-0.2, -0.15) is 0 Å². The summed E-state index contributed by atoms with van der Waals surface area (Å²) in [6.45, 7) is 8.98. The zero-order valence-electron chi connectivity index (χ0n) is 11.1. The summed E-state index contributed by atoms with van der Waals surface area (Å²) in [5.74, 6) is 1.49. The fourth-order valence-electron chi connectivity index (χ4n) is 1.85. The van der Waals surface area contributed by atoms with Gasteiger partial charge in [-0.3, -0.25) is 4.79 Å². The second kappa shape index (κ2) is 5.87. The zero-order valence-corrected chi connectivity index (χ0v) is 11.1. The molecule has 0 saturated carbocycles. The van der Waals surface area contributed by atoms with Gasteiger partial charge in [0.05, 0.1) is 5.56 Å². The van der Waals surface area contributed by atoms with Crippen molar-refractivity contribution >= 4 is 5.91 Å². The zero-order chi connectivity index (χ0) is 13.0. The van der Waals surface area contributed by atoms with Crippen LogP contribution in [0, 0.1) is 13.8 Å². The van der Waals surface area contributed by atoms with E-state index in [4.69, 9.17) is 10.2 Å². The van der Waals surface area contributed by atoms with E-state index in [9.17, 15) is 4.79 Å². The van der Waals surface area contributed by atoms with Crippen LogP contribution in [0.2, 0.25) is 0 Å². The maximum absolute atomic E-state index is 12.4. The van der Waals surface area contributed by atoms with E-state index >= 15 is 0 Å². The molecule has 0 bridgehead atoms. The van der Waals surface area contributed by atoms with Crippen molar-refractivity contribution < 1.29 is 9.21 Å². The predicted octanol–water partition coefficient (Wildman–Crippen LogP) is 2.10. The van der Waals surface area contributed by atoms with Crippen LogP contribution in [0.15, 0.2) is 10.5 Å². The molecule has 1 heterocycles. The molecule has 0 aliphatic heterocycles. The minimum absolute atomic E-state index is 0.0304. The number of nitrogens with zero attached hydrogens (tertiary/aromatic N) is 1. The number of aryl methyl sites for hydroxylation is 2. The van der Waals surface area contributed by atoms with Crippen LogP contribution in [0.5, 0.6) is 0 Å². The minimum Gasteiger partial charge on any atom is -0.466 e. The predicted molar refractivity (Wildman–Crippen MR) is 68.0 cm³/mol. The quantitative estimate of drug-likeness (QED) is 0.854. The molecule has 1 amide bonds. The first-order valence-electron chi connectivity index (χ1n) is 6.05. The highest BCUT2D eigenvalue weighted by molar-refractivity contribution is 5.95. The number of hydrogen-bond acceptors (Lipinski definition) is 3. The lowest BCUT2D eigenvalue weighted by atomic mass is 10.2. The number of rotatable bonds is 5. The van der Waals surface area contributed by atoms with Crippen molar-refractivity contribution in [3.05, 3.63) is 23.2 Å². The first-order valence-corrected chi connectivity index (χ1v) is 6.05. The first kappa shape index (κ1) is 13.8. The van der Waals surface area contributed by atoms with Crippen molar-refractivity contribution in [2.24, 2.45) is 5.73 Å². The Morgan fingerprint density at radius 2 is 2.12 bits per heavy atom. The van der Waals surface area contributed by atoms with Gasteiger partial charge in [-0.1, -0.05) is 0 Å². The molecule has 17 heavy (non-hydrogen) atoms. The van der Waals surface area contributed by atoms with Crippen molar-refractivity contribution in [3.8, 4) is 0 Å².